The van der Waals surface area contributed by atoms with Gasteiger partial charge < -0.3 is 20.1 Å². The van der Waals surface area contributed by atoms with E-state index in [9.17, 15) is 29.7 Å². The second kappa shape index (κ2) is 6.18. The number of carbonyl (C=O) groups is 3. The number of phenolic OH excluding ortho intramolecular Hbond substituents is 3. The van der Waals surface area contributed by atoms with Crippen molar-refractivity contribution >= 4 is 17.5 Å². The number of hydrogen-bond donors (Lipinski definition) is 3. The van der Waals surface area contributed by atoms with Gasteiger partial charge in [0.05, 0.1) is 11.1 Å². The third-order valence-electron chi connectivity index (χ3n) is 4.24. The van der Waals surface area contributed by atoms with Crippen LogP contribution in [0.5, 0.6) is 17.2 Å². The number of ether oxygens (including phenoxy) is 1. The van der Waals surface area contributed by atoms with Crippen molar-refractivity contribution in [3.05, 3.63) is 52.1 Å². The number of carbonyl (C=O) groups excluding carboxylic acids is 3. The minimum atomic E-state index is -0.725. The first-order valence-electron chi connectivity index (χ1n) is 7.94. The van der Waals surface area contributed by atoms with Gasteiger partial charge in [-0.05, 0) is 30.2 Å². The third-order valence-corrected chi connectivity index (χ3v) is 4.24. The highest BCUT2D eigenvalue weighted by Gasteiger charge is 2.35. The summed E-state index contributed by atoms with van der Waals surface area (Å²) in [5.41, 5.74) is -0.363. The van der Waals surface area contributed by atoms with E-state index in [1.807, 2.05) is 0 Å². The predicted molar refractivity (Wildman–Crippen MR) is 89.5 cm³/mol. The number of benzene rings is 2. The predicted octanol–water partition coefficient (Wildman–Crippen LogP) is 2.59. The molecule has 0 unspecified atom stereocenters. The van der Waals surface area contributed by atoms with Crippen molar-refractivity contribution < 1.29 is 34.4 Å². The van der Waals surface area contributed by atoms with Crippen LogP contribution in [-0.2, 0) is 9.53 Å². The SMILES string of the molecule is CC[C@@H](OC(C)=O)c1cc(O)c2c(c1)C(=O)c1cc(O)cc(O)c1C2=O. The zero-order valence-electron chi connectivity index (χ0n) is 14.1. The summed E-state index contributed by atoms with van der Waals surface area (Å²) in [6.45, 7) is 3.01. The van der Waals surface area contributed by atoms with E-state index in [1.165, 1.54) is 19.1 Å². The van der Waals surface area contributed by atoms with Crippen molar-refractivity contribution in [3.8, 4) is 17.2 Å². The fourth-order valence-corrected chi connectivity index (χ4v) is 3.14. The molecule has 2 aromatic rings. The van der Waals surface area contributed by atoms with Crippen LogP contribution < -0.4 is 0 Å². The molecule has 0 heterocycles. The average Bonchev–Trinajstić information content (AvgIpc) is 2.55. The van der Waals surface area contributed by atoms with Crippen LogP contribution in [0.2, 0.25) is 0 Å². The maximum Gasteiger partial charge on any atom is 0.303 e. The molecule has 3 N–H and O–H groups in total. The van der Waals surface area contributed by atoms with Gasteiger partial charge in [0.1, 0.15) is 23.4 Å². The molecular formula is C19H16O7. The van der Waals surface area contributed by atoms with E-state index in [1.54, 1.807) is 6.92 Å². The fraction of sp³-hybridized carbons (Fsp3) is 0.211. The maximum absolute atomic E-state index is 12.8. The summed E-state index contributed by atoms with van der Waals surface area (Å²) in [5, 5.41) is 29.9. The molecule has 0 aliphatic heterocycles. The Labute approximate surface area is 148 Å². The van der Waals surface area contributed by atoms with Crippen molar-refractivity contribution in [2.45, 2.75) is 26.4 Å². The first kappa shape index (κ1) is 17.5. The molecule has 3 rings (SSSR count). The van der Waals surface area contributed by atoms with Crippen molar-refractivity contribution in [1.82, 2.24) is 0 Å². The van der Waals surface area contributed by atoms with E-state index in [0.717, 1.165) is 12.1 Å². The summed E-state index contributed by atoms with van der Waals surface area (Å²) in [4.78, 5) is 36.8. The summed E-state index contributed by atoms with van der Waals surface area (Å²) in [7, 11) is 0. The Bertz CT molecular complexity index is 959. The quantitative estimate of drug-likeness (QED) is 0.617. The summed E-state index contributed by atoms with van der Waals surface area (Å²) in [5.74, 6) is -3.22. The van der Waals surface area contributed by atoms with Gasteiger partial charge >= 0.3 is 5.97 Å². The van der Waals surface area contributed by atoms with E-state index in [0.29, 0.717) is 12.0 Å². The highest BCUT2D eigenvalue weighted by Crippen LogP contribution is 2.40. The van der Waals surface area contributed by atoms with E-state index < -0.39 is 35.1 Å². The number of hydrogen-bond acceptors (Lipinski definition) is 7. The van der Waals surface area contributed by atoms with Crippen LogP contribution in [-0.4, -0.2) is 32.9 Å². The Morgan fingerprint density at radius 1 is 0.962 bits per heavy atom. The van der Waals surface area contributed by atoms with Gasteiger partial charge in [0.25, 0.3) is 0 Å². The van der Waals surface area contributed by atoms with Crippen LogP contribution in [0, 0.1) is 0 Å². The van der Waals surface area contributed by atoms with E-state index in [4.69, 9.17) is 4.74 Å². The normalized spacial score (nSPS) is 13.8. The van der Waals surface area contributed by atoms with E-state index in [-0.39, 0.29) is 28.0 Å². The second-order valence-electron chi connectivity index (χ2n) is 6.01. The Kier molecular flexibility index (Phi) is 4.15. The zero-order chi connectivity index (χ0) is 19.2. The number of phenols is 3. The first-order chi connectivity index (χ1) is 12.2. The van der Waals surface area contributed by atoms with Gasteiger partial charge in [0.15, 0.2) is 5.78 Å². The van der Waals surface area contributed by atoms with Crippen LogP contribution >= 0.6 is 0 Å². The molecule has 0 bridgehead atoms. The third kappa shape index (κ3) is 2.67. The summed E-state index contributed by atoms with van der Waals surface area (Å²) in [6, 6.07) is 4.69. The van der Waals surface area contributed by atoms with Gasteiger partial charge in [-0.15, -0.1) is 0 Å². The molecule has 1 aliphatic rings. The topological polar surface area (TPSA) is 121 Å². The molecule has 1 aliphatic carbocycles. The maximum atomic E-state index is 12.8. The first-order valence-corrected chi connectivity index (χ1v) is 7.94. The van der Waals surface area contributed by atoms with Crippen LogP contribution in [0.25, 0.3) is 0 Å². The minimum absolute atomic E-state index is 0.0758. The number of rotatable bonds is 3. The Hall–Kier alpha value is -3.35. The van der Waals surface area contributed by atoms with Crippen LogP contribution in [0.15, 0.2) is 24.3 Å². The van der Waals surface area contributed by atoms with Crippen molar-refractivity contribution in [3.63, 3.8) is 0 Å². The summed E-state index contributed by atoms with van der Waals surface area (Å²) in [6.07, 6.45) is -0.288. The largest absolute Gasteiger partial charge is 0.508 e. The monoisotopic (exact) mass is 356 g/mol. The standard InChI is InChI=1S/C19H16O7/c1-3-15(26-8(2)20)9-4-11-16(13(22)5-9)19(25)17-12(18(11)24)6-10(21)7-14(17)23/h4-7,15,21-23H,3H2,1-2H3/t15-/m1/s1. The number of fused-ring (bicyclic) bond motifs is 2. The van der Waals surface area contributed by atoms with Crippen LogP contribution in [0.1, 0.15) is 63.8 Å². The highest BCUT2D eigenvalue weighted by atomic mass is 16.5. The van der Waals surface area contributed by atoms with Gasteiger partial charge in [-0.1, -0.05) is 6.92 Å². The highest BCUT2D eigenvalue weighted by molar-refractivity contribution is 6.30. The molecule has 7 heteroatoms. The Morgan fingerprint density at radius 3 is 2.12 bits per heavy atom. The lowest BCUT2D eigenvalue weighted by atomic mass is 9.81. The van der Waals surface area contributed by atoms with Crippen LogP contribution in [0.3, 0.4) is 0 Å². The minimum Gasteiger partial charge on any atom is -0.508 e. The van der Waals surface area contributed by atoms with Crippen molar-refractivity contribution in [1.29, 1.82) is 0 Å². The molecule has 0 saturated carbocycles. The molecule has 2 aromatic carbocycles. The Balaban J connectivity index is 2.20. The summed E-state index contributed by atoms with van der Waals surface area (Å²) < 4.78 is 5.18. The molecule has 26 heavy (non-hydrogen) atoms. The summed E-state index contributed by atoms with van der Waals surface area (Å²) >= 11 is 0. The fourth-order valence-electron chi connectivity index (χ4n) is 3.14. The molecule has 0 radical (unpaired) electrons. The van der Waals surface area contributed by atoms with Crippen molar-refractivity contribution in [2.75, 3.05) is 0 Å². The smallest absolute Gasteiger partial charge is 0.303 e. The number of ketones is 2. The molecule has 7 nitrogen and oxygen atoms in total. The lowest BCUT2D eigenvalue weighted by molar-refractivity contribution is -0.146. The number of esters is 1. The molecule has 0 spiro atoms. The zero-order valence-corrected chi connectivity index (χ0v) is 14.1. The average molecular weight is 356 g/mol. The lowest BCUT2D eigenvalue weighted by Gasteiger charge is -2.22. The van der Waals surface area contributed by atoms with Gasteiger partial charge in [0.2, 0.25) is 5.78 Å². The van der Waals surface area contributed by atoms with E-state index >= 15 is 0 Å². The molecule has 1 atom stereocenters. The van der Waals surface area contributed by atoms with Gasteiger partial charge in [0, 0.05) is 24.1 Å². The molecule has 0 aromatic heterocycles. The Morgan fingerprint density at radius 2 is 1.54 bits per heavy atom. The van der Waals surface area contributed by atoms with E-state index in [2.05, 4.69) is 0 Å². The van der Waals surface area contributed by atoms with Gasteiger partial charge in [-0.25, -0.2) is 0 Å². The number of aromatic hydroxyl groups is 3. The van der Waals surface area contributed by atoms with Crippen molar-refractivity contribution in [2.24, 2.45) is 0 Å². The molecular weight excluding hydrogens is 340 g/mol. The lowest BCUT2D eigenvalue weighted by Crippen LogP contribution is -2.22. The molecule has 0 fully saturated rings. The molecule has 134 valence electrons. The molecule has 0 amide bonds. The molecule has 0 saturated heterocycles. The van der Waals surface area contributed by atoms with Crippen LogP contribution in [0.4, 0.5) is 0 Å². The second-order valence-corrected chi connectivity index (χ2v) is 6.01. The van der Waals surface area contributed by atoms with Gasteiger partial charge in [-0.2, -0.15) is 0 Å². The van der Waals surface area contributed by atoms with Gasteiger partial charge in [-0.3, -0.25) is 14.4 Å².